The van der Waals surface area contributed by atoms with Crippen molar-refractivity contribution in [2.24, 2.45) is 5.92 Å². The Kier molecular flexibility index (Phi) is 3.62. The van der Waals surface area contributed by atoms with Gasteiger partial charge >= 0.3 is 0 Å². The van der Waals surface area contributed by atoms with Crippen molar-refractivity contribution >= 4 is 5.91 Å². The van der Waals surface area contributed by atoms with E-state index >= 15 is 0 Å². The molecule has 1 unspecified atom stereocenters. The summed E-state index contributed by atoms with van der Waals surface area (Å²) in [6, 6.07) is 2.44. The lowest BCUT2D eigenvalue weighted by atomic mass is 10.0. The molecule has 7 heteroatoms. The van der Waals surface area contributed by atoms with Crippen molar-refractivity contribution in [1.82, 2.24) is 29.5 Å². The molecule has 1 amide bonds. The van der Waals surface area contributed by atoms with Crippen LogP contribution in [0, 0.1) is 5.92 Å². The number of aromatic nitrogens is 4. The highest BCUT2D eigenvalue weighted by Gasteiger charge is 2.36. The summed E-state index contributed by atoms with van der Waals surface area (Å²) in [7, 11) is 0. The van der Waals surface area contributed by atoms with Crippen molar-refractivity contribution in [2.45, 2.75) is 44.8 Å². The van der Waals surface area contributed by atoms with Crippen LogP contribution in [0.15, 0.2) is 18.5 Å². The lowest BCUT2D eigenvalue weighted by Gasteiger charge is -2.34. The van der Waals surface area contributed by atoms with Crippen molar-refractivity contribution in [3.8, 4) is 11.5 Å². The molecule has 4 heterocycles. The van der Waals surface area contributed by atoms with Gasteiger partial charge in [0.15, 0.2) is 5.82 Å². The van der Waals surface area contributed by atoms with E-state index in [2.05, 4.69) is 30.5 Å². The number of fused-ring (bicyclic) bond motifs is 1. The van der Waals surface area contributed by atoms with Crippen LogP contribution in [0.5, 0.6) is 0 Å². The highest BCUT2D eigenvalue weighted by atomic mass is 16.2. The van der Waals surface area contributed by atoms with E-state index in [-0.39, 0.29) is 0 Å². The largest absolute Gasteiger partial charge is 0.340 e. The first-order chi connectivity index (χ1) is 12.3. The molecule has 1 N–H and O–H groups in total. The number of imidazole rings is 1. The summed E-state index contributed by atoms with van der Waals surface area (Å²) in [4.78, 5) is 19.1. The van der Waals surface area contributed by atoms with Crippen LogP contribution in [-0.2, 0) is 17.9 Å². The molecule has 1 saturated carbocycles. The Balaban J connectivity index is 1.40. The van der Waals surface area contributed by atoms with Crippen LogP contribution >= 0.6 is 0 Å². The van der Waals surface area contributed by atoms with Gasteiger partial charge in [-0.1, -0.05) is 0 Å². The lowest BCUT2D eigenvalue weighted by molar-refractivity contribution is -0.134. The van der Waals surface area contributed by atoms with Crippen molar-refractivity contribution < 1.29 is 4.79 Å². The number of amides is 1. The molecular formula is C18H24N6O. The molecule has 0 bridgehead atoms. The Morgan fingerprint density at radius 1 is 1.24 bits per heavy atom. The van der Waals surface area contributed by atoms with Crippen LogP contribution in [0.4, 0.5) is 0 Å². The summed E-state index contributed by atoms with van der Waals surface area (Å²) in [6.07, 6.45) is 8.20. The molecule has 1 saturated heterocycles. The van der Waals surface area contributed by atoms with Gasteiger partial charge in [0.25, 0.3) is 0 Å². The topological polar surface area (TPSA) is 68.0 Å². The number of carbonyl (C=O) groups excluding carboxylic acids is 1. The molecule has 2 aromatic heterocycles. The normalized spacial score (nSPS) is 23.5. The Morgan fingerprint density at radius 2 is 2.16 bits per heavy atom. The van der Waals surface area contributed by atoms with E-state index in [4.69, 9.17) is 5.10 Å². The highest BCUT2D eigenvalue weighted by molar-refractivity contribution is 5.81. The second-order valence-electron chi connectivity index (χ2n) is 7.43. The van der Waals surface area contributed by atoms with Gasteiger partial charge in [0.2, 0.25) is 5.91 Å². The van der Waals surface area contributed by atoms with E-state index in [1.165, 1.54) is 5.69 Å². The minimum absolute atomic E-state index is 0.297. The van der Waals surface area contributed by atoms with Crippen LogP contribution in [0.25, 0.3) is 11.5 Å². The first kappa shape index (κ1) is 15.1. The molecule has 25 heavy (non-hydrogen) atoms. The Morgan fingerprint density at radius 3 is 3.00 bits per heavy atom. The first-order valence-corrected chi connectivity index (χ1v) is 9.39. The van der Waals surface area contributed by atoms with Crippen molar-refractivity contribution in [1.29, 1.82) is 0 Å². The number of hydrogen-bond donors (Lipinski definition) is 1. The fourth-order valence-electron chi connectivity index (χ4n) is 4.08. The SMILES string of the molecule is O=C(C1CC1)N1CCCC(n2ccnc2-c2cc3n(n2)CCNC3)C1. The van der Waals surface area contributed by atoms with Crippen LogP contribution in [0.3, 0.4) is 0 Å². The van der Waals surface area contributed by atoms with E-state index < -0.39 is 0 Å². The Labute approximate surface area is 147 Å². The number of carbonyl (C=O) groups is 1. The van der Waals surface area contributed by atoms with Crippen molar-refractivity contribution in [2.75, 3.05) is 19.6 Å². The van der Waals surface area contributed by atoms with Crippen molar-refractivity contribution in [3.05, 3.63) is 24.2 Å². The first-order valence-electron chi connectivity index (χ1n) is 9.39. The fourth-order valence-corrected chi connectivity index (χ4v) is 4.08. The predicted molar refractivity (Wildman–Crippen MR) is 92.7 cm³/mol. The van der Waals surface area contributed by atoms with Gasteiger partial charge in [-0.3, -0.25) is 9.48 Å². The summed E-state index contributed by atoms with van der Waals surface area (Å²) in [6.45, 7) is 4.43. The Hall–Kier alpha value is -2.15. The van der Waals surface area contributed by atoms with Crippen LogP contribution in [0.2, 0.25) is 0 Å². The van der Waals surface area contributed by atoms with Crippen LogP contribution in [0.1, 0.15) is 37.4 Å². The van der Waals surface area contributed by atoms with Crippen molar-refractivity contribution in [3.63, 3.8) is 0 Å². The van der Waals surface area contributed by atoms with E-state index in [0.29, 0.717) is 17.9 Å². The summed E-state index contributed by atoms with van der Waals surface area (Å²) >= 11 is 0. The predicted octanol–water partition coefficient (Wildman–Crippen LogP) is 1.42. The van der Waals surface area contributed by atoms with Crippen LogP contribution < -0.4 is 5.32 Å². The molecule has 1 aliphatic carbocycles. The maximum absolute atomic E-state index is 12.4. The molecule has 7 nitrogen and oxygen atoms in total. The van der Waals surface area contributed by atoms with Gasteiger partial charge in [-0.15, -0.1) is 0 Å². The van der Waals surface area contributed by atoms with E-state index in [9.17, 15) is 4.79 Å². The Bertz CT molecular complexity index is 766. The zero-order valence-electron chi connectivity index (χ0n) is 14.4. The second kappa shape index (κ2) is 5.98. The highest BCUT2D eigenvalue weighted by Crippen LogP contribution is 2.34. The van der Waals surface area contributed by atoms with Gasteiger partial charge in [0.05, 0.1) is 18.3 Å². The van der Waals surface area contributed by atoms with Gasteiger partial charge in [0, 0.05) is 44.5 Å². The maximum atomic E-state index is 12.4. The molecule has 0 aromatic carbocycles. The second-order valence-corrected chi connectivity index (χ2v) is 7.43. The zero-order valence-corrected chi connectivity index (χ0v) is 14.4. The monoisotopic (exact) mass is 340 g/mol. The molecular weight excluding hydrogens is 316 g/mol. The van der Waals surface area contributed by atoms with Crippen LogP contribution in [-0.4, -0.2) is 49.8 Å². The number of hydrogen-bond acceptors (Lipinski definition) is 4. The summed E-state index contributed by atoms with van der Waals surface area (Å²) in [5.74, 6) is 1.58. The van der Waals surface area contributed by atoms with E-state index in [0.717, 1.165) is 69.9 Å². The average molecular weight is 340 g/mol. The maximum Gasteiger partial charge on any atom is 0.225 e. The fraction of sp³-hybridized carbons (Fsp3) is 0.611. The smallest absolute Gasteiger partial charge is 0.225 e. The molecule has 132 valence electrons. The zero-order chi connectivity index (χ0) is 16.8. The van der Waals surface area contributed by atoms with Gasteiger partial charge in [-0.25, -0.2) is 4.98 Å². The molecule has 0 spiro atoms. The molecule has 2 aromatic rings. The molecule has 1 atom stereocenters. The van der Waals surface area contributed by atoms with Gasteiger partial charge in [-0.2, -0.15) is 5.10 Å². The molecule has 3 aliphatic rings. The minimum atomic E-state index is 0.297. The minimum Gasteiger partial charge on any atom is -0.340 e. The van der Waals surface area contributed by atoms with Gasteiger partial charge in [0.1, 0.15) is 5.69 Å². The van der Waals surface area contributed by atoms with Gasteiger partial charge in [-0.05, 0) is 31.7 Å². The summed E-state index contributed by atoms with van der Waals surface area (Å²) in [5.41, 5.74) is 2.15. The van der Waals surface area contributed by atoms with E-state index in [1.54, 1.807) is 0 Å². The third-order valence-corrected chi connectivity index (χ3v) is 5.60. The molecule has 5 rings (SSSR count). The summed E-state index contributed by atoms with van der Waals surface area (Å²) < 4.78 is 4.31. The lowest BCUT2D eigenvalue weighted by Crippen LogP contribution is -2.41. The number of rotatable bonds is 3. The third-order valence-electron chi connectivity index (χ3n) is 5.60. The molecule has 0 radical (unpaired) electrons. The molecule has 2 fully saturated rings. The average Bonchev–Trinajstić information content (AvgIpc) is 3.22. The standard InChI is InChI=1S/C18H24N6O/c25-18(13-3-4-13)22-7-1-2-14(12-22)23-8-6-20-17(23)16-10-15-11-19-5-9-24(15)21-16/h6,8,10,13-14,19H,1-5,7,9,11-12H2. The number of nitrogens with one attached hydrogen (secondary N) is 1. The molecule has 2 aliphatic heterocycles. The quantitative estimate of drug-likeness (QED) is 0.918. The number of likely N-dealkylation sites (tertiary alicyclic amines) is 1. The summed E-state index contributed by atoms with van der Waals surface area (Å²) in [5, 5.41) is 8.13. The number of nitrogens with zero attached hydrogens (tertiary/aromatic N) is 5. The third kappa shape index (κ3) is 2.76. The van der Waals surface area contributed by atoms with Gasteiger partial charge < -0.3 is 14.8 Å². The van der Waals surface area contributed by atoms with E-state index in [1.807, 2.05) is 12.4 Å². The number of piperidine rings is 1.